The minimum Gasteiger partial charge on any atom is -0.268 e. The van der Waals surface area contributed by atoms with Crippen molar-refractivity contribution < 1.29 is 0 Å². The van der Waals surface area contributed by atoms with E-state index in [4.69, 9.17) is 11.6 Å². The summed E-state index contributed by atoms with van der Waals surface area (Å²) in [7, 11) is 0. The predicted octanol–water partition coefficient (Wildman–Crippen LogP) is 3.95. The molecule has 2 nitrogen and oxygen atoms in total. The van der Waals surface area contributed by atoms with Gasteiger partial charge in [-0.15, -0.1) is 18.2 Å². The molecule has 0 saturated heterocycles. The molecule has 0 radical (unpaired) electrons. The van der Waals surface area contributed by atoms with Crippen LogP contribution in [0, 0.1) is 12.3 Å². The van der Waals surface area contributed by atoms with Crippen LogP contribution < -0.4 is 0 Å². The molecule has 0 aliphatic carbocycles. The standard InChI is InChI=1S/C12H18BrClN2/c1-5-12(4,8-14)7-10-11(13)9(3)15-16(10)6-2/h5H,1,6-8H2,2-4H3. The SMILES string of the molecule is C=CC(C)(CCl)Cc1c(Br)c(C)nn1CC. The highest BCUT2D eigenvalue weighted by molar-refractivity contribution is 9.10. The first-order valence-corrected chi connectivity index (χ1v) is 6.71. The van der Waals surface area contributed by atoms with Crippen LogP contribution in [0.4, 0.5) is 0 Å². The molecule has 0 fully saturated rings. The molecule has 0 aliphatic rings. The lowest BCUT2D eigenvalue weighted by atomic mass is 9.87. The van der Waals surface area contributed by atoms with Crippen LogP contribution in [0.3, 0.4) is 0 Å². The zero-order valence-corrected chi connectivity index (χ0v) is 12.4. The van der Waals surface area contributed by atoms with Crippen molar-refractivity contribution in [2.75, 3.05) is 5.88 Å². The van der Waals surface area contributed by atoms with Crippen LogP contribution in [0.5, 0.6) is 0 Å². The van der Waals surface area contributed by atoms with Crippen molar-refractivity contribution in [1.82, 2.24) is 9.78 Å². The number of alkyl halides is 1. The Balaban J connectivity index is 3.08. The molecule has 1 heterocycles. The molecule has 0 bridgehead atoms. The molecule has 90 valence electrons. The van der Waals surface area contributed by atoms with Gasteiger partial charge in [0.2, 0.25) is 0 Å². The number of nitrogens with zero attached hydrogens (tertiary/aromatic N) is 2. The molecule has 1 unspecified atom stereocenters. The number of aryl methyl sites for hydroxylation is 2. The normalized spacial score (nSPS) is 14.8. The Labute approximate surface area is 111 Å². The number of halogens is 2. The highest BCUT2D eigenvalue weighted by atomic mass is 79.9. The molecule has 0 aromatic carbocycles. The fraction of sp³-hybridized carbons (Fsp3) is 0.583. The van der Waals surface area contributed by atoms with Gasteiger partial charge in [-0.2, -0.15) is 5.10 Å². The number of allylic oxidation sites excluding steroid dienone is 1. The fourth-order valence-electron chi connectivity index (χ4n) is 1.59. The monoisotopic (exact) mass is 304 g/mol. The maximum absolute atomic E-state index is 6.00. The van der Waals surface area contributed by atoms with Crippen LogP contribution in [0.1, 0.15) is 25.2 Å². The third kappa shape index (κ3) is 2.69. The van der Waals surface area contributed by atoms with E-state index >= 15 is 0 Å². The summed E-state index contributed by atoms with van der Waals surface area (Å²) in [5, 5.41) is 4.47. The summed E-state index contributed by atoms with van der Waals surface area (Å²) >= 11 is 9.59. The average molecular weight is 306 g/mol. The molecular formula is C12H18BrClN2. The number of rotatable bonds is 5. The smallest absolute Gasteiger partial charge is 0.0738 e. The zero-order chi connectivity index (χ0) is 12.3. The summed E-state index contributed by atoms with van der Waals surface area (Å²) in [4.78, 5) is 0. The van der Waals surface area contributed by atoms with Gasteiger partial charge in [0.1, 0.15) is 0 Å². The van der Waals surface area contributed by atoms with Crippen molar-refractivity contribution in [3.63, 3.8) is 0 Å². The first-order valence-electron chi connectivity index (χ1n) is 5.38. The molecule has 1 aromatic heterocycles. The lowest BCUT2D eigenvalue weighted by Gasteiger charge is -2.23. The van der Waals surface area contributed by atoms with Crippen LogP contribution in [0.25, 0.3) is 0 Å². The molecule has 0 saturated carbocycles. The lowest BCUT2D eigenvalue weighted by molar-refractivity contribution is 0.457. The van der Waals surface area contributed by atoms with Gasteiger partial charge in [0.05, 0.1) is 15.9 Å². The van der Waals surface area contributed by atoms with Gasteiger partial charge in [0, 0.05) is 24.3 Å². The topological polar surface area (TPSA) is 17.8 Å². The van der Waals surface area contributed by atoms with Gasteiger partial charge in [-0.3, -0.25) is 4.68 Å². The van der Waals surface area contributed by atoms with E-state index in [1.54, 1.807) is 0 Å². The van der Waals surface area contributed by atoms with Gasteiger partial charge < -0.3 is 0 Å². The number of hydrogen-bond donors (Lipinski definition) is 0. The molecule has 4 heteroatoms. The Hall–Kier alpha value is -0.280. The molecule has 0 aliphatic heterocycles. The van der Waals surface area contributed by atoms with E-state index in [0.29, 0.717) is 5.88 Å². The molecule has 1 rings (SSSR count). The average Bonchev–Trinajstić information content (AvgIpc) is 2.56. The van der Waals surface area contributed by atoms with Crippen molar-refractivity contribution in [1.29, 1.82) is 0 Å². The van der Waals surface area contributed by atoms with E-state index < -0.39 is 0 Å². The zero-order valence-electron chi connectivity index (χ0n) is 10.1. The molecule has 0 N–H and O–H groups in total. The summed E-state index contributed by atoms with van der Waals surface area (Å²) in [5.41, 5.74) is 2.14. The third-order valence-corrected chi connectivity index (χ3v) is 4.46. The minimum atomic E-state index is -0.0799. The molecule has 0 spiro atoms. The Morgan fingerprint density at radius 3 is 2.69 bits per heavy atom. The number of aromatic nitrogens is 2. The Morgan fingerprint density at radius 2 is 2.25 bits per heavy atom. The van der Waals surface area contributed by atoms with Crippen LogP contribution in [0.15, 0.2) is 17.1 Å². The van der Waals surface area contributed by atoms with Crippen LogP contribution in [0.2, 0.25) is 0 Å². The Kier molecular flexibility index (Phi) is 4.62. The maximum Gasteiger partial charge on any atom is 0.0738 e. The van der Waals surface area contributed by atoms with Gasteiger partial charge in [-0.25, -0.2) is 0 Å². The van der Waals surface area contributed by atoms with Crippen molar-refractivity contribution in [3.05, 3.63) is 28.5 Å². The van der Waals surface area contributed by atoms with E-state index in [0.717, 1.165) is 23.1 Å². The third-order valence-electron chi connectivity index (χ3n) is 2.82. The number of hydrogen-bond acceptors (Lipinski definition) is 1. The van der Waals surface area contributed by atoms with Crippen molar-refractivity contribution in [3.8, 4) is 0 Å². The summed E-state index contributed by atoms with van der Waals surface area (Å²) in [6.45, 7) is 10.9. The summed E-state index contributed by atoms with van der Waals surface area (Å²) < 4.78 is 3.11. The lowest BCUT2D eigenvalue weighted by Crippen LogP contribution is -2.21. The first-order chi connectivity index (χ1) is 7.47. The highest BCUT2D eigenvalue weighted by Crippen LogP contribution is 2.30. The second-order valence-electron chi connectivity index (χ2n) is 4.33. The Morgan fingerprint density at radius 1 is 1.62 bits per heavy atom. The second-order valence-corrected chi connectivity index (χ2v) is 5.39. The van der Waals surface area contributed by atoms with Crippen molar-refractivity contribution >= 4 is 27.5 Å². The van der Waals surface area contributed by atoms with Gasteiger partial charge >= 0.3 is 0 Å². The largest absolute Gasteiger partial charge is 0.268 e. The van der Waals surface area contributed by atoms with Gasteiger partial charge in [0.15, 0.2) is 0 Å². The van der Waals surface area contributed by atoms with E-state index in [2.05, 4.69) is 41.5 Å². The molecular weight excluding hydrogens is 288 g/mol. The van der Waals surface area contributed by atoms with E-state index in [9.17, 15) is 0 Å². The summed E-state index contributed by atoms with van der Waals surface area (Å²) in [5.74, 6) is 0.566. The maximum atomic E-state index is 6.00. The Bertz CT molecular complexity index is 387. The van der Waals surface area contributed by atoms with E-state index in [-0.39, 0.29) is 5.41 Å². The van der Waals surface area contributed by atoms with Crippen LogP contribution in [-0.2, 0) is 13.0 Å². The van der Waals surface area contributed by atoms with Crippen molar-refractivity contribution in [2.24, 2.45) is 5.41 Å². The van der Waals surface area contributed by atoms with Crippen LogP contribution in [-0.4, -0.2) is 15.7 Å². The molecule has 1 atom stereocenters. The van der Waals surface area contributed by atoms with Gasteiger partial charge in [-0.1, -0.05) is 13.0 Å². The van der Waals surface area contributed by atoms with E-state index in [1.807, 2.05) is 17.7 Å². The summed E-state index contributed by atoms with van der Waals surface area (Å²) in [6.07, 6.45) is 2.78. The summed E-state index contributed by atoms with van der Waals surface area (Å²) in [6, 6.07) is 0. The first kappa shape index (κ1) is 13.8. The second kappa shape index (κ2) is 5.37. The van der Waals surface area contributed by atoms with E-state index in [1.165, 1.54) is 5.69 Å². The minimum absolute atomic E-state index is 0.0799. The van der Waals surface area contributed by atoms with Gasteiger partial charge in [0.25, 0.3) is 0 Å². The van der Waals surface area contributed by atoms with Crippen LogP contribution >= 0.6 is 27.5 Å². The fourth-order valence-corrected chi connectivity index (χ4v) is 2.22. The quantitative estimate of drug-likeness (QED) is 0.595. The molecule has 16 heavy (non-hydrogen) atoms. The highest BCUT2D eigenvalue weighted by Gasteiger charge is 2.24. The molecule has 0 amide bonds. The predicted molar refractivity (Wildman–Crippen MR) is 73.1 cm³/mol. The molecule has 1 aromatic rings. The van der Waals surface area contributed by atoms with Gasteiger partial charge in [-0.05, 0) is 29.8 Å². The van der Waals surface area contributed by atoms with Crippen molar-refractivity contribution in [2.45, 2.75) is 33.7 Å².